The van der Waals surface area contributed by atoms with Gasteiger partial charge in [0.2, 0.25) is 0 Å². The molecule has 137 heavy (non-hydrogen) atoms. The third kappa shape index (κ3) is 28.4. The van der Waals surface area contributed by atoms with Crippen LogP contribution in [0.2, 0.25) is 5.15 Å². The molecule has 3 aliphatic rings. The summed E-state index contributed by atoms with van der Waals surface area (Å²) in [5, 5.41) is 25.8. The number of para-hydroxylation sites is 4. The minimum Gasteiger partial charge on any atom is -1.00 e. The summed E-state index contributed by atoms with van der Waals surface area (Å²) in [6.45, 7) is 17.1. The second kappa shape index (κ2) is 53.6. The number of pyridine rings is 2. The molecule has 678 valence electrons. The van der Waals surface area contributed by atoms with E-state index in [1.807, 2.05) is 66.9 Å². The van der Waals surface area contributed by atoms with E-state index in [-0.39, 0.29) is 109 Å². The van der Waals surface area contributed by atoms with Gasteiger partial charge in [0.15, 0.2) is 0 Å². The standard InChI is InChI=1S/C21H25BO3.C20H17NO.4C18H15P.C5H4ClN.CH2O3.2Na.Pd.H/c1-19(2)14-10-7-8-13-17(14)23-18-15(19)11-9-12-16(18)22-24-20(3,4)21(5,6)25-22;1-20(2)15-9-3-4-12-18(15)22-19-14(8-7-10-16(19)20)17-11-5-6-13-21-17;4*1-4-10-16(11-5-1)19(17-12-6-2-7-13-17)18-14-8-3-9-15-18;6-5-3-1-2-4-7-5;2-1-4-3;;;;/h7-13H,1-6H3;3-13H,1-2H3;4*1-15H;1-4H;1,3H;;;;/q;;;;;;;;2*+1;;-1/p-1. The van der Waals surface area contributed by atoms with Crippen molar-refractivity contribution in [1.29, 1.82) is 0 Å². The Bertz CT molecular complexity index is 5740. The van der Waals surface area contributed by atoms with Crippen LogP contribution < -0.4 is 143 Å². The number of rotatable bonds is 15. The first-order chi connectivity index (χ1) is 65.4. The quantitative estimate of drug-likeness (QED) is 0.0247. The predicted octanol–water partition coefficient (Wildman–Crippen LogP) is 17.7. The maximum atomic E-state index is 8.64. The van der Waals surface area contributed by atoms with E-state index in [0.717, 1.165) is 39.7 Å². The van der Waals surface area contributed by atoms with E-state index in [1.165, 1.54) is 85.9 Å². The largest absolute Gasteiger partial charge is 1.00 e. The van der Waals surface area contributed by atoms with Crippen LogP contribution >= 0.6 is 43.3 Å². The van der Waals surface area contributed by atoms with Crippen LogP contribution in [0.4, 0.5) is 0 Å². The first-order valence-corrected chi connectivity index (χ1v) is 50.4. The molecule has 0 bridgehead atoms. The molecule has 0 saturated carbocycles. The van der Waals surface area contributed by atoms with Crippen LogP contribution in [0.25, 0.3) is 11.3 Å². The molecule has 0 amide bonds. The average Bonchev–Trinajstić information content (AvgIpc) is 1.68. The van der Waals surface area contributed by atoms with Crippen LogP contribution in [0, 0.1) is 0 Å². The van der Waals surface area contributed by atoms with Crippen molar-refractivity contribution in [1.82, 2.24) is 9.97 Å². The molecule has 1 fully saturated rings. The average molecular weight is 2000 g/mol. The van der Waals surface area contributed by atoms with Crippen molar-refractivity contribution in [2.24, 2.45) is 0 Å². The van der Waals surface area contributed by atoms with Crippen molar-refractivity contribution in [3.8, 4) is 34.3 Å². The molecule has 9 nitrogen and oxygen atoms in total. The maximum absolute atomic E-state index is 8.64. The van der Waals surface area contributed by atoms with Gasteiger partial charge in [0.25, 0.3) is 6.47 Å². The van der Waals surface area contributed by atoms with E-state index in [0.29, 0.717) is 5.15 Å². The van der Waals surface area contributed by atoms with Crippen LogP contribution in [0.5, 0.6) is 23.0 Å². The molecule has 0 unspecified atom stereocenters. The Morgan fingerprint density at radius 2 is 0.518 bits per heavy atom. The Labute approximate surface area is 878 Å². The van der Waals surface area contributed by atoms with Crippen molar-refractivity contribution in [3.63, 3.8) is 0 Å². The summed E-state index contributed by atoms with van der Waals surface area (Å²) >= 11 is 5.43. The van der Waals surface area contributed by atoms with Gasteiger partial charge in [-0.1, -0.05) is 482 Å². The zero-order valence-corrected chi connectivity index (χ0v) is 88.6. The fraction of sp³-hybridized carbons (Fsp3) is 0.101. The normalized spacial score (nSPS) is 12.8. The second-order valence-corrected chi connectivity index (χ2v) is 42.6. The fourth-order valence-corrected chi connectivity index (χ4v) is 25.2. The van der Waals surface area contributed by atoms with Crippen molar-refractivity contribution in [3.05, 3.63) is 525 Å². The third-order valence-corrected chi connectivity index (χ3v) is 33.2. The molecule has 1 saturated heterocycles. The van der Waals surface area contributed by atoms with E-state index in [1.54, 1.807) is 12.3 Å². The molecular weight excluding hydrogens is 1890 g/mol. The van der Waals surface area contributed by atoms with Gasteiger partial charge in [0, 0.05) is 76.9 Å². The monoisotopic (exact) mass is 2000 g/mol. The van der Waals surface area contributed by atoms with Crippen LogP contribution in [-0.4, -0.2) is 34.8 Å². The molecule has 16 aromatic carbocycles. The summed E-state index contributed by atoms with van der Waals surface area (Å²) in [4.78, 5) is 19.5. The molecule has 0 atom stereocenters. The predicted molar refractivity (Wildman–Crippen MR) is 567 cm³/mol. The molecule has 21 rings (SSSR count). The minimum atomic E-state index is -0.446. The van der Waals surface area contributed by atoms with Crippen molar-refractivity contribution in [2.75, 3.05) is 0 Å². The molecule has 3 aliphatic heterocycles. The van der Waals surface area contributed by atoms with Crippen molar-refractivity contribution >= 4 is 126 Å². The summed E-state index contributed by atoms with van der Waals surface area (Å²) < 4.78 is 25.1. The molecule has 0 radical (unpaired) electrons. The number of nitrogens with zero attached hydrogens (tertiary/aromatic N) is 2. The van der Waals surface area contributed by atoms with Crippen molar-refractivity contribution in [2.45, 2.75) is 77.4 Å². The molecule has 2 aromatic heterocycles. The molecule has 5 heterocycles. The number of hydrogen-bond donors (Lipinski definition) is 0. The Morgan fingerprint density at radius 3 is 0.759 bits per heavy atom. The summed E-state index contributed by atoms with van der Waals surface area (Å²) in [6, 6.07) is 170. The Balaban J connectivity index is 0.000000166. The second-order valence-electron chi connectivity index (χ2n) is 33.4. The van der Waals surface area contributed by atoms with Gasteiger partial charge in [-0.3, -0.25) is 9.78 Å². The number of fused-ring (bicyclic) bond motifs is 4. The number of carbonyl (C=O) groups excluding carboxylic acids is 1. The van der Waals surface area contributed by atoms with E-state index in [4.69, 9.17) is 40.4 Å². The number of benzene rings is 16. The van der Waals surface area contributed by atoms with Crippen LogP contribution in [0.1, 0.15) is 79.1 Å². The van der Waals surface area contributed by atoms with Gasteiger partial charge in [0.1, 0.15) is 28.2 Å². The number of halogens is 1. The summed E-state index contributed by atoms with van der Waals surface area (Å²) in [7, 11) is -2.21. The summed E-state index contributed by atoms with van der Waals surface area (Å²) in [5.74, 6) is 3.63. The van der Waals surface area contributed by atoms with E-state index in [9.17, 15) is 0 Å². The minimum absolute atomic E-state index is 0. The molecule has 18 aromatic rings. The van der Waals surface area contributed by atoms with Gasteiger partial charge in [-0.25, -0.2) is 4.98 Å². The van der Waals surface area contributed by atoms with Gasteiger partial charge >= 0.3 is 66.2 Å². The SMILES string of the molecule is CC1(C)c2ccccc2Oc2c(-c3ccccn3)cccc21.CC1(C)c2ccccc2Oc2c(B3OC(C)(C)C(C)(C)O3)cccc21.Clc1ccccn1.O=CO[O-].[H-].[Na+].[Na+].[Pd].c1ccc(P(c2ccccc2)c2ccccc2)cc1.c1ccc(P(c2ccccc2)c2ccccc2)cc1.c1ccc(P(c2ccccc2)c2ccccc2)cc1.c1ccc(P(c2ccccc2)c2ccccc2)cc1. The van der Waals surface area contributed by atoms with Crippen LogP contribution in [-0.2, 0) is 50.2 Å². The summed E-state index contributed by atoms with van der Waals surface area (Å²) in [6.07, 6.45) is 3.47. The topological polar surface area (TPSA) is 112 Å². The van der Waals surface area contributed by atoms with Gasteiger partial charge in [-0.05, 0) is 166 Å². The first-order valence-electron chi connectivity index (χ1n) is 44.6. The zero-order valence-electron chi connectivity index (χ0n) is 79.7. The zero-order chi connectivity index (χ0) is 93.4. The molecule has 0 aliphatic carbocycles. The number of carbonyl (C=O) groups is 1. The third-order valence-electron chi connectivity index (χ3n) is 23.2. The molecule has 18 heteroatoms. The van der Waals surface area contributed by atoms with E-state index < -0.39 is 38.8 Å². The van der Waals surface area contributed by atoms with E-state index in [2.05, 4.69) is 489 Å². The summed E-state index contributed by atoms with van der Waals surface area (Å²) in [5.41, 5.74) is 6.76. The van der Waals surface area contributed by atoms with Crippen LogP contribution in [0.3, 0.4) is 0 Å². The number of aromatic nitrogens is 2. The van der Waals surface area contributed by atoms with Gasteiger partial charge in [0.05, 0.1) is 16.9 Å². The van der Waals surface area contributed by atoms with Crippen molar-refractivity contribution < 1.29 is 115 Å². The Kier molecular flexibility index (Phi) is 41.8. The van der Waals surface area contributed by atoms with Gasteiger partial charge in [-0.15, -0.1) is 0 Å². The molecule has 0 spiro atoms. The maximum Gasteiger partial charge on any atom is 1.00 e. The van der Waals surface area contributed by atoms with Crippen LogP contribution in [0.15, 0.2) is 498 Å². The number of ether oxygens (including phenoxy) is 2. The molecular formula is C119H108BClN2Na2O7P4Pd. The number of hydrogen-bond acceptors (Lipinski definition) is 9. The molecule has 0 N–H and O–H groups in total. The Hall–Kier alpha value is -10.5. The first kappa shape index (κ1) is 107. The van der Waals surface area contributed by atoms with Gasteiger partial charge < -0.3 is 30.4 Å². The van der Waals surface area contributed by atoms with Gasteiger partial charge in [-0.2, -0.15) is 0 Å². The fourth-order valence-electron chi connectivity index (χ4n) is 15.9. The Morgan fingerprint density at radius 1 is 0.292 bits per heavy atom. The van der Waals surface area contributed by atoms with E-state index >= 15 is 0 Å². The smallest absolute Gasteiger partial charge is 1.00 e.